The lowest BCUT2D eigenvalue weighted by Crippen LogP contribution is -2.37. The van der Waals surface area contributed by atoms with E-state index in [-0.39, 0.29) is 10.9 Å². The van der Waals surface area contributed by atoms with Gasteiger partial charge in [-0.1, -0.05) is 90.2 Å². The third-order valence-corrected chi connectivity index (χ3v) is 6.96. The van der Waals surface area contributed by atoms with Crippen molar-refractivity contribution < 1.29 is 24.2 Å². The fraction of sp³-hybridized carbons (Fsp3) is 0.115. The summed E-state index contributed by atoms with van der Waals surface area (Å²) in [6.07, 6.45) is 1.66. The van der Waals surface area contributed by atoms with Crippen molar-refractivity contribution in [2.45, 2.75) is 12.6 Å². The topological polar surface area (TPSA) is 76.1 Å². The number of ether oxygens (including phenoxy) is 2. The number of hydrogen-bond acceptors (Lipinski definition) is 6. The molecule has 0 unspecified atom stereocenters. The van der Waals surface area contributed by atoms with Crippen LogP contribution in [0.3, 0.4) is 0 Å². The first-order valence-electron chi connectivity index (χ1n) is 10.5. The van der Waals surface area contributed by atoms with Gasteiger partial charge in [-0.2, -0.15) is 0 Å². The monoisotopic (exact) mass is 525 g/mol. The molecular formula is C26H20ClNO5S2. The number of carbonyl (C=O) groups excluding carboxylic acids is 1. The average Bonchev–Trinajstić information content (AvgIpc) is 3.12. The minimum absolute atomic E-state index is 0.184. The maximum Gasteiger partial charge on any atom is 0.331 e. The SMILES string of the molecule is COc1cc(/C=C2/SC(=S)N([C@H](C(=O)O)c3ccccc3)C2=O)ccc1OCc1ccccc1Cl. The molecule has 0 aromatic heterocycles. The van der Waals surface area contributed by atoms with Gasteiger partial charge in [-0.05, 0) is 35.4 Å². The molecule has 1 N–H and O–H groups in total. The first-order valence-corrected chi connectivity index (χ1v) is 12.1. The largest absolute Gasteiger partial charge is 0.493 e. The number of carbonyl (C=O) groups is 2. The number of hydrogen-bond donors (Lipinski definition) is 1. The molecule has 0 saturated carbocycles. The Kier molecular flexibility index (Phi) is 7.75. The number of rotatable bonds is 8. The number of halogens is 1. The number of amides is 1. The maximum absolute atomic E-state index is 13.2. The van der Waals surface area contributed by atoms with Crippen LogP contribution in [0.15, 0.2) is 77.7 Å². The summed E-state index contributed by atoms with van der Waals surface area (Å²) in [7, 11) is 1.53. The summed E-state index contributed by atoms with van der Waals surface area (Å²) in [5.74, 6) is -0.620. The normalized spacial score (nSPS) is 15.4. The summed E-state index contributed by atoms with van der Waals surface area (Å²) >= 11 is 12.6. The summed E-state index contributed by atoms with van der Waals surface area (Å²) < 4.78 is 11.5. The molecule has 1 fully saturated rings. The van der Waals surface area contributed by atoms with Gasteiger partial charge in [-0.25, -0.2) is 4.79 Å². The zero-order valence-electron chi connectivity index (χ0n) is 18.5. The second kappa shape index (κ2) is 10.9. The van der Waals surface area contributed by atoms with Gasteiger partial charge in [-0.3, -0.25) is 9.69 Å². The van der Waals surface area contributed by atoms with E-state index in [1.807, 2.05) is 18.2 Å². The van der Waals surface area contributed by atoms with Crippen molar-refractivity contribution in [2.75, 3.05) is 7.11 Å². The fourth-order valence-corrected chi connectivity index (χ4v) is 5.06. The second-order valence-corrected chi connectivity index (χ2v) is 9.58. The summed E-state index contributed by atoms with van der Waals surface area (Å²) in [6, 6.07) is 20.0. The van der Waals surface area contributed by atoms with Gasteiger partial charge >= 0.3 is 5.97 Å². The average molecular weight is 526 g/mol. The van der Waals surface area contributed by atoms with Crippen molar-refractivity contribution >= 4 is 57.9 Å². The minimum atomic E-state index is -1.20. The molecule has 0 spiro atoms. The number of thiocarbonyl (C=S) groups is 1. The van der Waals surface area contributed by atoms with Gasteiger partial charge in [0, 0.05) is 10.6 Å². The number of thioether (sulfide) groups is 1. The van der Waals surface area contributed by atoms with E-state index in [0.29, 0.717) is 32.6 Å². The van der Waals surface area contributed by atoms with E-state index in [4.69, 9.17) is 33.3 Å². The van der Waals surface area contributed by atoms with Gasteiger partial charge in [0.05, 0.1) is 12.0 Å². The Balaban J connectivity index is 1.56. The lowest BCUT2D eigenvalue weighted by molar-refractivity contribution is -0.145. The Labute approximate surface area is 217 Å². The van der Waals surface area contributed by atoms with Crippen LogP contribution in [0.1, 0.15) is 22.7 Å². The molecule has 1 aliphatic rings. The third-order valence-electron chi connectivity index (χ3n) is 5.26. The Morgan fingerprint density at radius 3 is 2.51 bits per heavy atom. The highest BCUT2D eigenvalue weighted by molar-refractivity contribution is 8.26. The van der Waals surface area contributed by atoms with E-state index in [2.05, 4.69) is 0 Å². The highest BCUT2D eigenvalue weighted by Gasteiger charge is 2.41. The van der Waals surface area contributed by atoms with Gasteiger partial charge in [0.15, 0.2) is 17.5 Å². The number of benzene rings is 3. The first kappa shape index (κ1) is 24.8. The van der Waals surface area contributed by atoms with Gasteiger partial charge < -0.3 is 14.6 Å². The number of methoxy groups -OCH3 is 1. The third kappa shape index (κ3) is 5.51. The Morgan fingerprint density at radius 1 is 1.11 bits per heavy atom. The van der Waals surface area contributed by atoms with Crippen LogP contribution in [0.2, 0.25) is 5.02 Å². The van der Waals surface area contributed by atoms with E-state index in [1.54, 1.807) is 60.7 Å². The molecule has 0 bridgehead atoms. The van der Waals surface area contributed by atoms with E-state index in [1.165, 1.54) is 7.11 Å². The van der Waals surface area contributed by atoms with Crippen molar-refractivity contribution in [3.63, 3.8) is 0 Å². The Morgan fingerprint density at radius 2 is 1.83 bits per heavy atom. The van der Waals surface area contributed by atoms with Gasteiger partial charge in [0.1, 0.15) is 10.9 Å². The minimum Gasteiger partial charge on any atom is -0.493 e. The predicted molar refractivity (Wildman–Crippen MR) is 141 cm³/mol. The molecule has 1 heterocycles. The molecule has 6 nitrogen and oxygen atoms in total. The van der Waals surface area contributed by atoms with Gasteiger partial charge in [0.2, 0.25) is 0 Å². The summed E-state index contributed by atoms with van der Waals surface area (Å²) in [6.45, 7) is 0.268. The summed E-state index contributed by atoms with van der Waals surface area (Å²) in [5, 5.41) is 10.4. The van der Waals surface area contributed by atoms with Crippen LogP contribution in [0.25, 0.3) is 6.08 Å². The standard InChI is InChI=1S/C26H20ClNO5S2/c1-32-21-13-16(11-12-20(21)33-15-18-9-5-6-10-19(18)27)14-22-24(29)28(26(34)35-22)23(25(30)31)17-7-3-2-4-8-17/h2-14,23H,15H2,1H3,(H,30,31)/b22-14+/t23-/m0/s1. The number of carboxylic acids is 1. The van der Waals surface area contributed by atoms with Crippen LogP contribution in [-0.2, 0) is 16.2 Å². The van der Waals surface area contributed by atoms with E-state index in [9.17, 15) is 14.7 Å². The molecule has 1 aliphatic heterocycles. The number of aliphatic carboxylic acids is 1. The first-order chi connectivity index (χ1) is 16.9. The maximum atomic E-state index is 13.2. The van der Waals surface area contributed by atoms with Crippen molar-refractivity contribution in [3.05, 3.63) is 99.4 Å². The zero-order chi connectivity index (χ0) is 24.9. The molecule has 1 amide bonds. The summed E-state index contributed by atoms with van der Waals surface area (Å²) in [5.41, 5.74) is 1.99. The van der Waals surface area contributed by atoms with Crippen LogP contribution in [0.5, 0.6) is 11.5 Å². The number of nitrogens with zero attached hydrogens (tertiary/aromatic N) is 1. The van der Waals surface area contributed by atoms with Gasteiger partial charge in [0.25, 0.3) is 5.91 Å². The lowest BCUT2D eigenvalue weighted by Gasteiger charge is -2.23. The van der Waals surface area contributed by atoms with Crippen molar-refractivity contribution in [1.29, 1.82) is 0 Å². The number of carboxylic acid groups (broad SMARTS) is 1. The smallest absolute Gasteiger partial charge is 0.331 e. The van der Waals surface area contributed by atoms with Crippen LogP contribution in [0.4, 0.5) is 0 Å². The highest BCUT2D eigenvalue weighted by atomic mass is 35.5. The zero-order valence-corrected chi connectivity index (χ0v) is 20.9. The molecular weight excluding hydrogens is 506 g/mol. The Bertz CT molecular complexity index is 1310. The molecule has 1 atom stereocenters. The second-order valence-electron chi connectivity index (χ2n) is 7.49. The lowest BCUT2D eigenvalue weighted by atomic mass is 10.1. The van der Waals surface area contributed by atoms with E-state index in [0.717, 1.165) is 22.2 Å². The quantitative estimate of drug-likeness (QED) is 0.287. The van der Waals surface area contributed by atoms with Crippen LogP contribution >= 0.6 is 35.6 Å². The predicted octanol–water partition coefficient (Wildman–Crippen LogP) is 5.95. The molecule has 1 saturated heterocycles. The fourth-order valence-electron chi connectivity index (χ4n) is 3.56. The van der Waals surface area contributed by atoms with E-state index >= 15 is 0 Å². The van der Waals surface area contributed by atoms with E-state index < -0.39 is 17.9 Å². The molecule has 3 aromatic carbocycles. The van der Waals surface area contributed by atoms with Crippen molar-refractivity contribution in [2.24, 2.45) is 0 Å². The molecule has 35 heavy (non-hydrogen) atoms. The highest BCUT2D eigenvalue weighted by Crippen LogP contribution is 2.39. The van der Waals surface area contributed by atoms with Crippen LogP contribution in [-0.4, -0.2) is 33.3 Å². The molecule has 178 valence electrons. The molecule has 3 aromatic rings. The van der Waals surface area contributed by atoms with Crippen molar-refractivity contribution in [1.82, 2.24) is 4.90 Å². The van der Waals surface area contributed by atoms with Gasteiger partial charge in [-0.15, -0.1) is 0 Å². The summed E-state index contributed by atoms with van der Waals surface area (Å²) in [4.78, 5) is 26.7. The molecule has 9 heteroatoms. The van der Waals surface area contributed by atoms with Crippen LogP contribution in [0, 0.1) is 0 Å². The Hall–Kier alpha value is -3.33. The molecule has 0 radical (unpaired) electrons. The molecule has 0 aliphatic carbocycles. The van der Waals surface area contributed by atoms with Crippen LogP contribution < -0.4 is 9.47 Å². The molecule has 4 rings (SSSR count). The van der Waals surface area contributed by atoms with Crippen molar-refractivity contribution in [3.8, 4) is 11.5 Å².